The van der Waals surface area contributed by atoms with E-state index in [0.29, 0.717) is 17.9 Å². The smallest absolute Gasteiger partial charge is 0.183 e. The molecular weight excluding hydrogens is 522 g/mol. The molecule has 3 aromatic rings. The van der Waals surface area contributed by atoms with Gasteiger partial charge in [0.25, 0.3) is 0 Å². The molecule has 4 rings (SSSR count). The van der Waals surface area contributed by atoms with E-state index in [4.69, 9.17) is 9.47 Å². The molecule has 1 heterocycles. The van der Waals surface area contributed by atoms with Gasteiger partial charge >= 0.3 is 0 Å². The minimum absolute atomic E-state index is 0. The molecule has 0 saturated carbocycles. The maximum atomic E-state index is 13.0. The van der Waals surface area contributed by atoms with Crippen LogP contribution in [0.2, 0.25) is 0 Å². The van der Waals surface area contributed by atoms with Gasteiger partial charge in [0, 0.05) is 23.1 Å². The lowest BCUT2D eigenvalue weighted by Gasteiger charge is -2.09. The first-order valence-electron chi connectivity index (χ1n) is 10.0. The van der Waals surface area contributed by atoms with Crippen LogP contribution in [0.15, 0.2) is 59.3 Å². The van der Waals surface area contributed by atoms with E-state index in [9.17, 15) is 4.79 Å². The van der Waals surface area contributed by atoms with Crippen molar-refractivity contribution in [2.45, 2.75) is 26.3 Å². The SMILES string of the molecule is COc1cc2c(cc1OC)C(=O)C(Cc1cc[n+](Cc3cccc(C)c3)cc1Br)C2.[Br-]. The monoisotopic (exact) mass is 545 g/mol. The van der Waals surface area contributed by atoms with Crippen molar-refractivity contribution in [3.63, 3.8) is 0 Å². The summed E-state index contributed by atoms with van der Waals surface area (Å²) in [4.78, 5) is 13.0. The zero-order valence-corrected chi connectivity index (χ0v) is 21.0. The Balaban J connectivity index is 0.00000272. The quantitative estimate of drug-likeness (QED) is 0.442. The number of halogens is 2. The fraction of sp³-hybridized carbons (Fsp3) is 0.280. The molecule has 1 atom stereocenters. The van der Waals surface area contributed by atoms with Crippen LogP contribution in [0.1, 0.15) is 32.6 Å². The summed E-state index contributed by atoms with van der Waals surface area (Å²) in [5.41, 5.74) is 5.45. The minimum Gasteiger partial charge on any atom is -1.00 e. The van der Waals surface area contributed by atoms with Crippen molar-refractivity contribution >= 4 is 21.7 Å². The molecule has 4 nitrogen and oxygen atoms in total. The lowest BCUT2D eigenvalue weighted by Crippen LogP contribution is -3.00. The highest BCUT2D eigenvalue weighted by Crippen LogP contribution is 2.38. The van der Waals surface area contributed by atoms with Gasteiger partial charge in [-0.2, -0.15) is 4.57 Å². The Morgan fingerprint density at radius 3 is 2.52 bits per heavy atom. The van der Waals surface area contributed by atoms with Crippen molar-refractivity contribution in [3.05, 3.63) is 87.1 Å². The number of aryl methyl sites for hydroxylation is 1. The molecule has 1 unspecified atom stereocenters. The molecule has 0 fully saturated rings. The van der Waals surface area contributed by atoms with Crippen molar-refractivity contribution in [3.8, 4) is 11.5 Å². The van der Waals surface area contributed by atoms with E-state index in [1.807, 2.05) is 12.1 Å². The Kier molecular flexibility index (Phi) is 7.55. The fourth-order valence-electron chi connectivity index (χ4n) is 4.15. The highest BCUT2D eigenvalue weighted by Gasteiger charge is 2.32. The number of hydrogen-bond acceptors (Lipinski definition) is 3. The van der Waals surface area contributed by atoms with Crippen LogP contribution in [-0.4, -0.2) is 20.0 Å². The predicted molar refractivity (Wildman–Crippen MR) is 119 cm³/mol. The number of Topliss-reactive ketones (excluding diaryl/α,β-unsaturated/α-hetero) is 1. The molecule has 0 bridgehead atoms. The first-order chi connectivity index (χ1) is 14.5. The number of fused-ring (bicyclic) bond motifs is 1. The van der Waals surface area contributed by atoms with Crippen LogP contribution in [0.3, 0.4) is 0 Å². The van der Waals surface area contributed by atoms with Gasteiger partial charge in [0.15, 0.2) is 36.2 Å². The molecule has 0 spiro atoms. The van der Waals surface area contributed by atoms with E-state index in [1.165, 1.54) is 11.1 Å². The molecule has 6 heteroatoms. The normalized spacial score (nSPS) is 14.7. The molecule has 0 aliphatic heterocycles. The lowest BCUT2D eigenvalue weighted by molar-refractivity contribution is -0.689. The number of carbonyl (C=O) groups is 1. The van der Waals surface area contributed by atoms with Crippen LogP contribution in [0.5, 0.6) is 11.5 Å². The Morgan fingerprint density at radius 2 is 1.84 bits per heavy atom. The van der Waals surface area contributed by atoms with E-state index in [2.05, 4.69) is 70.1 Å². The third-order valence-electron chi connectivity index (χ3n) is 5.68. The number of aromatic nitrogens is 1. The summed E-state index contributed by atoms with van der Waals surface area (Å²) in [6.45, 7) is 2.92. The van der Waals surface area contributed by atoms with Crippen molar-refractivity contribution in [2.75, 3.05) is 14.2 Å². The Bertz CT molecular complexity index is 1110. The topological polar surface area (TPSA) is 39.4 Å². The largest absolute Gasteiger partial charge is 1.00 e. The van der Waals surface area contributed by atoms with Gasteiger partial charge in [0.05, 0.1) is 18.7 Å². The zero-order valence-electron chi connectivity index (χ0n) is 17.8. The summed E-state index contributed by atoms with van der Waals surface area (Å²) in [7, 11) is 3.21. The van der Waals surface area contributed by atoms with Crippen LogP contribution in [0.4, 0.5) is 0 Å². The molecule has 1 aromatic heterocycles. The number of ether oxygens (including phenoxy) is 2. The first kappa shape index (κ1) is 23.5. The second-order valence-electron chi connectivity index (χ2n) is 7.81. The molecule has 0 saturated heterocycles. The predicted octanol–water partition coefficient (Wildman–Crippen LogP) is 1.71. The van der Waals surface area contributed by atoms with Crippen LogP contribution in [-0.2, 0) is 19.4 Å². The fourth-order valence-corrected chi connectivity index (χ4v) is 4.71. The molecule has 31 heavy (non-hydrogen) atoms. The van der Waals surface area contributed by atoms with Crippen molar-refractivity contribution < 1.29 is 35.8 Å². The number of rotatable bonds is 6. The third-order valence-corrected chi connectivity index (χ3v) is 6.39. The minimum atomic E-state index is -0.0688. The standard InChI is InChI=1S/C25H25BrNO3.BrH/c1-16-5-4-6-17(9-16)14-27-8-7-18(22(26)15-27)10-20-11-19-12-23(29-2)24(30-3)13-21(19)25(20)28;/h4-9,12-13,15,20H,10-11,14H2,1-3H3;1H/q+1;/p-1. The summed E-state index contributed by atoms with van der Waals surface area (Å²) < 4.78 is 13.9. The van der Waals surface area contributed by atoms with Gasteiger partial charge in [-0.05, 0) is 65.0 Å². The van der Waals surface area contributed by atoms with Gasteiger partial charge in [-0.1, -0.05) is 23.8 Å². The average molecular weight is 547 g/mol. The highest BCUT2D eigenvalue weighted by molar-refractivity contribution is 9.10. The molecule has 0 amide bonds. The number of benzene rings is 2. The van der Waals surface area contributed by atoms with Crippen LogP contribution >= 0.6 is 15.9 Å². The molecular formula is C25H25Br2NO3. The maximum Gasteiger partial charge on any atom is 0.183 e. The van der Waals surface area contributed by atoms with Crippen molar-refractivity contribution in [2.24, 2.45) is 5.92 Å². The average Bonchev–Trinajstić information content (AvgIpc) is 3.03. The molecule has 0 N–H and O–H groups in total. The van der Waals surface area contributed by atoms with Crippen molar-refractivity contribution in [1.82, 2.24) is 0 Å². The van der Waals surface area contributed by atoms with E-state index in [1.54, 1.807) is 14.2 Å². The summed E-state index contributed by atoms with van der Waals surface area (Å²) >= 11 is 3.71. The molecule has 0 radical (unpaired) electrons. The maximum absolute atomic E-state index is 13.0. The molecule has 1 aliphatic rings. The number of methoxy groups -OCH3 is 2. The van der Waals surface area contributed by atoms with Crippen LogP contribution < -0.4 is 31.0 Å². The van der Waals surface area contributed by atoms with E-state index < -0.39 is 0 Å². The second-order valence-corrected chi connectivity index (χ2v) is 8.67. The summed E-state index contributed by atoms with van der Waals surface area (Å²) in [6.07, 6.45) is 5.60. The van der Waals surface area contributed by atoms with Gasteiger partial charge in [-0.15, -0.1) is 0 Å². The van der Waals surface area contributed by atoms with Gasteiger partial charge in [0.1, 0.15) is 0 Å². The summed E-state index contributed by atoms with van der Waals surface area (Å²) in [5, 5.41) is 0. The second kappa shape index (κ2) is 9.96. The van der Waals surface area contributed by atoms with Crippen LogP contribution in [0.25, 0.3) is 0 Å². The number of ketones is 1. The summed E-state index contributed by atoms with van der Waals surface area (Å²) in [6, 6.07) is 14.4. The number of hydrogen-bond donors (Lipinski definition) is 0. The van der Waals surface area contributed by atoms with Gasteiger partial charge < -0.3 is 26.5 Å². The third kappa shape index (κ3) is 5.01. The number of pyridine rings is 1. The van der Waals surface area contributed by atoms with Crippen LogP contribution in [0, 0.1) is 12.8 Å². The van der Waals surface area contributed by atoms with Gasteiger partial charge in [0.2, 0.25) is 0 Å². The lowest BCUT2D eigenvalue weighted by atomic mass is 9.96. The zero-order chi connectivity index (χ0) is 21.3. The van der Waals surface area contributed by atoms with E-state index in [0.717, 1.165) is 34.1 Å². The highest BCUT2D eigenvalue weighted by atomic mass is 79.9. The summed E-state index contributed by atoms with van der Waals surface area (Å²) in [5.74, 6) is 1.38. The molecule has 2 aromatic carbocycles. The Labute approximate surface area is 202 Å². The Hall–Kier alpha value is -2.18. The van der Waals surface area contributed by atoms with Gasteiger partial charge in [-0.3, -0.25) is 4.79 Å². The number of carbonyl (C=O) groups excluding carboxylic acids is 1. The first-order valence-corrected chi connectivity index (χ1v) is 10.8. The van der Waals surface area contributed by atoms with E-state index in [-0.39, 0.29) is 28.7 Å². The molecule has 162 valence electrons. The van der Waals surface area contributed by atoms with Crippen molar-refractivity contribution in [1.29, 1.82) is 0 Å². The van der Waals surface area contributed by atoms with E-state index >= 15 is 0 Å². The number of nitrogens with zero attached hydrogens (tertiary/aromatic N) is 1. The van der Waals surface area contributed by atoms with Gasteiger partial charge in [-0.25, -0.2) is 0 Å². The Morgan fingerprint density at radius 1 is 1.10 bits per heavy atom. The molecule has 1 aliphatic carbocycles.